The second kappa shape index (κ2) is 14.9. The number of guanidine groups is 1. The molecule has 0 spiro atoms. The minimum Gasteiger partial charge on any atom is -0.481 e. The van der Waals surface area contributed by atoms with Crippen LogP contribution in [0.4, 0.5) is 0 Å². The van der Waals surface area contributed by atoms with Crippen LogP contribution >= 0.6 is 12.6 Å². The van der Waals surface area contributed by atoms with Crippen LogP contribution < -0.4 is 33.2 Å². The molecular formula is C18H33N7O7S. The van der Waals surface area contributed by atoms with Crippen LogP contribution in [-0.2, 0) is 24.0 Å². The molecule has 33 heavy (non-hydrogen) atoms. The summed E-state index contributed by atoms with van der Waals surface area (Å²) in [5.74, 6) is -5.69. The first-order chi connectivity index (χ1) is 15.3. The van der Waals surface area contributed by atoms with Gasteiger partial charge in [-0.1, -0.05) is 13.8 Å². The average Bonchev–Trinajstić information content (AvgIpc) is 2.70. The number of nitrogens with zero attached hydrogens (tertiary/aromatic N) is 1. The van der Waals surface area contributed by atoms with E-state index in [1.54, 1.807) is 13.8 Å². The van der Waals surface area contributed by atoms with Gasteiger partial charge in [0.05, 0.1) is 12.5 Å². The van der Waals surface area contributed by atoms with Gasteiger partial charge >= 0.3 is 11.9 Å². The molecule has 4 atom stereocenters. The zero-order valence-electron chi connectivity index (χ0n) is 18.5. The van der Waals surface area contributed by atoms with E-state index in [4.69, 9.17) is 27.4 Å². The Kier molecular flexibility index (Phi) is 13.5. The van der Waals surface area contributed by atoms with Crippen LogP contribution in [0.15, 0.2) is 4.99 Å². The SMILES string of the molecule is CC(C)C(NC(=O)C(CCCN=C(N)N)NC(=O)C(N)CC(=O)O)C(=O)NC(CS)C(=O)O. The van der Waals surface area contributed by atoms with Crippen molar-refractivity contribution < 1.29 is 34.2 Å². The van der Waals surface area contributed by atoms with Crippen molar-refractivity contribution in [2.24, 2.45) is 28.1 Å². The van der Waals surface area contributed by atoms with Crippen LogP contribution in [0.25, 0.3) is 0 Å². The van der Waals surface area contributed by atoms with Crippen molar-refractivity contribution in [3.8, 4) is 0 Å². The molecule has 0 saturated heterocycles. The molecule has 0 heterocycles. The summed E-state index contributed by atoms with van der Waals surface area (Å²) in [7, 11) is 0. The number of hydrogen-bond acceptors (Lipinski definition) is 8. The quantitative estimate of drug-likeness (QED) is 0.0484. The second-order valence-electron chi connectivity index (χ2n) is 7.53. The highest BCUT2D eigenvalue weighted by atomic mass is 32.1. The van der Waals surface area contributed by atoms with Crippen LogP contribution in [0.1, 0.15) is 33.1 Å². The summed E-state index contributed by atoms with van der Waals surface area (Å²) in [5, 5.41) is 25.1. The number of rotatable bonds is 15. The van der Waals surface area contributed by atoms with Crippen LogP contribution in [0.3, 0.4) is 0 Å². The normalized spacial score (nSPS) is 14.3. The molecule has 11 N–H and O–H groups in total. The van der Waals surface area contributed by atoms with E-state index in [2.05, 4.69) is 33.6 Å². The molecule has 0 aliphatic carbocycles. The number of amides is 3. The molecular weight excluding hydrogens is 458 g/mol. The van der Waals surface area contributed by atoms with Crippen molar-refractivity contribution in [1.82, 2.24) is 16.0 Å². The Balaban J connectivity index is 5.46. The van der Waals surface area contributed by atoms with Gasteiger partial charge in [0.2, 0.25) is 17.7 Å². The Morgan fingerprint density at radius 3 is 1.97 bits per heavy atom. The summed E-state index contributed by atoms with van der Waals surface area (Å²) >= 11 is 3.88. The number of hydrogen-bond donors (Lipinski definition) is 9. The summed E-state index contributed by atoms with van der Waals surface area (Å²) < 4.78 is 0. The second-order valence-corrected chi connectivity index (χ2v) is 7.89. The van der Waals surface area contributed by atoms with Gasteiger partial charge in [-0.25, -0.2) is 4.79 Å². The van der Waals surface area contributed by atoms with Crippen molar-refractivity contribution in [3.63, 3.8) is 0 Å². The first-order valence-corrected chi connectivity index (χ1v) is 10.7. The summed E-state index contributed by atoms with van der Waals surface area (Å²) in [4.78, 5) is 63.4. The maximum absolute atomic E-state index is 12.9. The molecule has 3 amide bonds. The highest BCUT2D eigenvalue weighted by Crippen LogP contribution is 2.07. The van der Waals surface area contributed by atoms with E-state index in [-0.39, 0.29) is 31.1 Å². The number of carboxylic acids is 2. The van der Waals surface area contributed by atoms with E-state index < -0.39 is 66.2 Å². The number of carbonyl (C=O) groups excluding carboxylic acids is 3. The summed E-state index contributed by atoms with van der Waals surface area (Å²) in [5.41, 5.74) is 16.1. The van der Waals surface area contributed by atoms with Crippen LogP contribution in [0, 0.1) is 5.92 Å². The lowest BCUT2D eigenvalue weighted by atomic mass is 10.0. The number of nitrogens with two attached hydrogens (primary N) is 3. The molecule has 0 fully saturated rings. The van der Waals surface area contributed by atoms with Gasteiger partial charge in [0.1, 0.15) is 18.1 Å². The smallest absolute Gasteiger partial charge is 0.327 e. The Morgan fingerprint density at radius 1 is 0.939 bits per heavy atom. The Morgan fingerprint density at radius 2 is 1.52 bits per heavy atom. The monoisotopic (exact) mass is 491 g/mol. The van der Waals surface area contributed by atoms with E-state index in [0.29, 0.717) is 0 Å². The minimum atomic E-state index is -1.40. The van der Waals surface area contributed by atoms with Gasteiger partial charge in [-0.3, -0.25) is 24.2 Å². The number of aliphatic imine (C=N–C) groups is 1. The molecule has 0 aliphatic heterocycles. The molecule has 0 aromatic rings. The molecule has 188 valence electrons. The summed E-state index contributed by atoms with van der Waals surface area (Å²) in [6.07, 6.45) is -0.329. The van der Waals surface area contributed by atoms with Crippen molar-refractivity contribution in [2.45, 2.75) is 57.3 Å². The largest absolute Gasteiger partial charge is 0.481 e. The molecule has 0 aliphatic rings. The Labute approximate surface area is 196 Å². The molecule has 0 rings (SSSR count). The third-order valence-corrected chi connectivity index (χ3v) is 4.72. The van der Waals surface area contributed by atoms with Crippen LogP contribution in [0.2, 0.25) is 0 Å². The standard InChI is InChI=1S/C18H33N7O7S/c1-8(2)13(16(30)24-11(7-33)17(31)32)25-15(29)10(4-3-5-22-18(20)21)23-14(28)9(19)6-12(26)27/h8-11,13,33H,3-7,19H2,1-2H3,(H,23,28)(H,24,30)(H,25,29)(H,26,27)(H,31,32)(H4,20,21,22). The number of carboxylic acid groups (broad SMARTS) is 2. The van der Waals surface area contributed by atoms with Crippen LogP contribution in [-0.4, -0.2) is 82.3 Å². The summed E-state index contributed by atoms with van der Waals surface area (Å²) in [6.45, 7) is 3.42. The first kappa shape index (κ1) is 29.9. The van der Waals surface area contributed by atoms with Crippen molar-refractivity contribution in [2.75, 3.05) is 12.3 Å². The van der Waals surface area contributed by atoms with E-state index >= 15 is 0 Å². The van der Waals surface area contributed by atoms with Crippen molar-refractivity contribution >= 4 is 48.2 Å². The van der Waals surface area contributed by atoms with Gasteiger partial charge in [0.25, 0.3) is 0 Å². The number of aliphatic carboxylic acids is 2. The molecule has 14 nitrogen and oxygen atoms in total. The first-order valence-electron chi connectivity index (χ1n) is 10.1. The van der Waals surface area contributed by atoms with Crippen LogP contribution in [0.5, 0.6) is 0 Å². The third-order valence-electron chi connectivity index (χ3n) is 4.35. The lowest BCUT2D eigenvalue weighted by Crippen LogP contribution is -2.58. The lowest BCUT2D eigenvalue weighted by molar-refractivity contribution is -0.142. The fourth-order valence-corrected chi connectivity index (χ4v) is 2.82. The lowest BCUT2D eigenvalue weighted by Gasteiger charge is -2.26. The minimum absolute atomic E-state index is 0.0506. The van der Waals surface area contributed by atoms with E-state index in [1.165, 1.54) is 0 Å². The average molecular weight is 492 g/mol. The van der Waals surface area contributed by atoms with Gasteiger partial charge in [0.15, 0.2) is 5.96 Å². The zero-order chi connectivity index (χ0) is 25.7. The number of carbonyl (C=O) groups is 5. The van der Waals surface area contributed by atoms with Gasteiger partial charge in [-0.2, -0.15) is 12.6 Å². The van der Waals surface area contributed by atoms with Gasteiger partial charge in [-0.15, -0.1) is 0 Å². The van der Waals surface area contributed by atoms with E-state index in [1.807, 2.05) is 0 Å². The molecule has 0 aromatic carbocycles. The zero-order valence-corrected chi connectivity index (χ0v) is 19.4. The highest BCUT2D eigenvalue weighted by Gasteiger charge is 2.31. The predicted molar refractivity (Wildman–Crippen MR) is 122 cm³/mol. The van der Waals surface area contributed by atoms with E-state index in [9.17, 15) is 24.0 Å². The fraction of sp³-hybridized carbons (Fsp3) is 0.667. The molecule has 0 aromatic heterocycles. The van der Waals surface area contributed by atoms with Gasteiger partial charge in [0, 0.05) is 12.3 Å². The number of nitrogens with one attached hydrogen (secondary N) is 3. The van der Waals surface area contributed by atoms with Gasteiger partial charge in [-0.05, 0) is 18.8 Å². The van der Waals surface area contributed by atoms with E-state index in [0.717, 1.165) is 0 Å². The van der Waals surface area contributed by atoms with Gasteiger partial charge < -0.3 is 43.4 Å². The predicted octanol–water partition coefficient (Wildman–Crippen LogP) is -3.03. The maximum atomic E-state index is 12.9. The molecule has 4 unspecified atom stereocenters. The Bertz CT molecular complexity index is 744. The topological polar surface area (TPSA) is 252 Å². The maximum Gasteiger partial charge on any atom is 0.327 e. The summed E-state index contributed by atoms with van der Waals surface area (Å²) in [6, 6.07) is -4.96. The molecule has 0 bridgehead atoms. The highest BCUT2D eigenvalue weighted by molar-refractivity contribution is 7.80. The number of thiol groups is 1. The Hall–Kier alpha value is -3.07. The fourth-order valence-electron chi connectivity index (χ4n) is 2.57. The van der Waals surface area contributed by atoms with Crippen molar-refractivity contribution in [3.05, 3.63) is 0 Å². The van der Waals surface area contributed by atoms with Crippen molar-refractivity contribution in [1.29, 1.82) is 0 Å². The molecule has 0 saturated carbocycles. The molecule has 15 heteroatoms. The third kappa shape index (κ3) is 11.9. The molecule has 0 radical (unpaired) electrons.